The number of nitrogens with one attached hydrogen (secondary N) is 1. The van der Waals surface area contributed by atoms with Crippen LogP contribution >= 0.6 is 0 Å². The summed E-state index contributed by atoms with van der Waals surface area (Å²) in [7, 11) is 1.63. The molecule has 0 saturated heterocycles. The second kappa shape index (κ2) is 9.69. The van der Waals surface area contributed by atoms with Gasteiger partial charge in [-0.05, 0) is 0 Å². The van der Waals surface area contributed by atoms with Gasteiger partial charge in [0.2, 0.25) is 5.91 Å². The van der Waals surface area contributed by atoms with E-state index in [2.05, 4.69) is 5.32 Å². The fraction of sp³-hybridized carbons (Fsp3) is 0.833. The van der Waals surface area contributed by atoms with Crippen LogP contribution in [-0.4, -0.2) is 13.0 Å². The number of hydrogen-bond acceptors (Lipinski definition) is 1. The molecule has 1 N–H and O–H groups in total. The third kappa shape index (κ3) is 9.08. The van der Waals surface area contributed by atoms with E-state index in [0.29, 0.717) is 6.42 Å². The van der Waals surface area contributed by atoms with E-state index in [9.17, 15) is 4.79 Å². The summed E-state index contributed by atoms with van der Waals surface area (Å²) in [6.45, 7) is 5.82. The Balaban J connectivity index is 0. The third-order valence-corrected chi connectivity index (χ3v) is 0.600. The minimum absolute atomic E-state index is 0.0926. The van der Waals surface area contributed by atoms with E-state index in [1.54, 1.807) is 7.05 Å². The molecule has 0 bridgehead atoms. The van der Waals surface area contributed by atoms with Crippen molar-refractivity contribution in [2.75, 3.05) is 7.05 Å². The maximum Gasteiger partial charge on any atom is 0.219 e. The Hall–Kier alpha value is -0.530. The Morgan fingerprint density at radius 3 is 1.88 bits per heavy atom. The quantitative estimate of drug-likeness (QED) is 0.548. The van der Waals surface area contributed by atoms with Crippen LogP contribution in [0.2, 0.25) is 0 Å². The van der Waals surface area contributed by atoms with Crippen LogP contribution in [0.15, 0.2) is 0 Å². The molecule has 0 aromatic heterocycles. The molecule has 0 rings (SSSR count). The average Bonchev–Trinajstić information content (AvgIpc) is 1.91. The van der Waals surface area contributed by atoms with Gasteiger partial charge in [-0.3, -0.25) is 4.79 Å². The van der Waals surface area contributed by atoms with Crippen molar-refractivity contribution in [3.8, 4) is 0 Å². The SMILES string of the molecule is CC.CCC(=O)NC. The van der Waals surface area contributed by atoms with E-state index in [1.165, 1.54) is 0 Å². The Morgan fingerprint density at radius 2 is 1.88 bits per heavy atom. The third-order valence-electron chi connectivity index (χ3n) is 0.600. The first-order valence-corrected chi connectivity index (χ1v) is 3.01. The summed E-state index contributed by atoms with van der Waals surface area (Å²) >= 11 is 0. The zero-order valence-electron chi connectivity index (χ0n) is 6.12. The van der Waals surface area contributed by atoms with Crippen molar-refractivity contribution in [1.29, 1.82) is 0 Å². The fourth-order valence-electron chi connectivity index (χ4n) is 0.177. The molecule has 1 amide bonds. The van der Waals surface area contributed by atoms with Gasteiger partial charge in [-0.25, -0.2) is 0 Å². The van der Waals surface area contributed by atoms with Crippen molar-refractivity contribution in [3.63, 3.8) is 0 Å². The molecule has 0 radical (unpaired) electrons. The van der Waals surface area contributed by atoms with Gasteiger partial charge in [0.05, 0.1) is 0 Å². The topological polar surface area (TPSA) is 29.1 Å². The fourth-order valence-corrected chi connectivity index (χ4v) is 0.177. The minimum atomic E-state index is 0.0926. The molecule has 0 heterocycles. The monoisotopic (exact) mass is 117 g/mol. The summed E-state index contributed by atoms with van der Waals surface area (Å²) in [4.78, 5) is 10.1. The molecule has 0 aliphatic carbocycles. The van der Waals surface area contributed by atoms with E-state index in [-0.39, 0.29) is 5.91 Å². The highest BCUT2D eigenvalue weighted by atomic mass is 16.1. The van der Waals surface area contributed by atoms with Gasteiger partial charge in [0.15, 0.2) is 0 Å². The Kier molecular flexibility index (Phi) is 12.7. The first-order valence-electron chi connectivity index (χ1n) is 3.01. The lowest BCUT2D eigenvalue weighted by atomic mass is 10.5. The van der Waals surface area contributed by atoms with Gasteiger partial charge in [0, 0.05) is 13.5 Å². The first kappa shape index (κ1) is 10.5. The van der Waals surface area contributed by atoms with Gasteiger partial charge in [0.25, 0.3) is 0 Å². The molecule has 0 unspecified atom stereocenters. The molecule has 0 aromatic carbocycles. The molecule has 2 heteroatoms. The van der Waals surface area contributed by atoms with Crippen molar-refractivity contribution < 1.29 is 4.79 Å². The molecule has 0 spiro atoms. The highest BCUT2D eigenvalue weighted by molar-refractivity contribution is 5.74. The van der Waals surface area contributed by atoms with Crippen molar-refractivity contribution in [2.45, 2.75) is 27.2 Å². The summed E-state index contributed by atoms with van der Waals surface area (Å²) in [6, 6.07) is 0. The number of carbonyl (C=O) groups excluding carboxylic acids is 1. The number of rotatable bonds is 1. The summed E-state index contributed by atoms with van der Waals surface area (Å²) in [5, 5.41) is 2.48. The molecule has 0 atom stereocenters. The lowest BCUT2D eigenvalue weighted by molar-refractivity contribution is -0.120. The first-order chi connectivity index (χ1) is 3.81. The van der Waals surface area contributed by atoms with Crippen LogP contribution < -0.4 is 5.32 Å². The standard InChI is InChI=1S/C4H9NO.C2H6/c1-3-4(6)5-2;1-2/h3H2,1-2H3,(H,5,6);1-2H3. The summed E-state index contributed by atoms with van der Waals surface area (Å²) < 4.78 is 0. The summed E-state index contributed by atoms with van der Waals surface area (Å²) in [5.74, 6) is 0.0926. The minimum Gasteiger partial charge on any atom is -0.359 e. The molecule has 0 aromatic rings. The lowest BCUT2D eigenvalue weighted by Gasteiger charge is -1.87. The van der Waals surface area contributed by atoms with Crippen LogP contribution in [0.1, 0.15) is 27.2 Å². The maximum atomic E-state index is 10.1. The zero-order chi connectivity index (χ0) is 6.99. The van der Waals surface area contributed by atoms with E-state index >= 15 is 0 Å². The molecule has 0 saturated carbocycles. The van der Waals surface area contributed by atoms with Gasteiger partial charge >= 0.3 is 0 Å². The van der Waals surface area contributed by atoms with E-state index < -0.39 is 0 Å². The molecule has 8 heavy (non-hydrogen) atoms. The predicted octanol–water partition coefficient (Wildman–Crippen LogP) is 1.17. The van der Waals surface area contributed by atoms with Crippen molar-refractivity contribution >= 4 is 5.91 Å². The molecule has 0 fully saturated rings. The molecule has 2 nitrogen and oxygen atoms in total. The molecular weight excluding hydrogens is 102 g/mol. The molecular formula is C6H15NO. The molecule has 50 valence electrons. The Bertz CT molecular complexity index is 46.5. The van der Waals surface area contributed by atoms with Crippen LogP contribution in [0.25, 0.3) is 0 Å². The smallest absolute Gasteiger partial charge is 0.219 e. The van der Waals surface area contributed by atoms with Crippen molar-refractivity contribution in [3.05, 3.63) is 0 Å². The van der Waals surface area contributed by atoms with E-state index in [0.717, 1.165) is 0 Å². The molecule has 0 aliphatic heterocycles. The van der Waals surface area contributed by atoms with Crippen LogP contribution in [0.5, 0.6) is 0 Å². The number of amides is 1. The van der Waals surface area contributed by atoms with Crippen molar-refractivity contribution in [1.82, 2.24) is 5.32 Å². The van der Waals surface area contributed by atoms with Gasteiger partial charge in [-0.2, -0.15) is 0 Å². The lowest BCUT2D eigenvalue weighted by Crippen LogP contribution is -2.15. The maximum absolute atomic E-state index is 10.1. The molecule has 0 aliphatic rings. The average molecular weight is 117 g/mol. The summed E-state index contributed by atoms with van der Waals surface area (Å²) in [6.07, 6.45) is 0.580. The van der Waals surface area contributed by atoms with Gasteiger partial charge in [-0.1, -0.05) is 20.8 Å². The number of hydrogen-bond donors (Lipinski definition) is 1. The normalized spacial score (nSPS) is 6.50. The van der Waals surface area contributed by atoms with Crippen LogP contribution in [0, 0.1) is 0 Å². The van der Waals surface area contributed by atoms with E-state index in [1.807, 2.05) is 20.8 Å². The van der Waals surface area contributed by atoms with Gasteiger partial charge in [0.1, 0.15) is 0 Å². The van der Waals surface area contributed by atoms with E-state index in [4.69, 9.17) is 0 Å². The van der Waals surface area contributed by atoms with Crippen LogP contribution in [0.4, 0.5) is 0 Å². The Morgan fingerprint density at radius 1 is 1.50 bits per heavy atom. The van der Waals surface area contributed by atoms with Gasteiger partial charge in [-0.15, -0.1) is 0 Å². The summed E-state index contributed by atoms with van der Waals surface area (Å²) in [5.41, 5.74) is 0. The van der Waals surface area contributed by atoms with Crippen molar-refractivity contribution in [2.24, 2.45) is 0 Å². The zero-order valence-corrected chi connectivity index (χ0v) is 6.12. The highest BCUT2D eigenvalue weighted by Gasteiger charge is 1.84. The largest absolute Gasteiger partial charge is 0.359 e. The second-order valence-corrected chi connectivity index (χ2v) is 1.03. The second-order valence-electron chi connectivity index (χ2n) is 1.03. The predicted molar refractivity (Wildman–Crippen MR) is 35.7 cm³/mol. The number of carbonyl (C=O) groups is 1. The Labute approximate surface area is 51.3 Å². The van der Waals surface area contributed by atoms with Gasteiger partial charge < -0.3 is 5.32 Å². The van der Waals surface area contributed by atoms with Crippen LogP contribution in [-0.2, 0) is 4.79 Å². The van der Waals surface area contributed by atoms with Crippen LogP contribution in [0.3, 0.4) is 0 Å². The highest BCUT2D eigenvalue weighted by Crippen LogP contribution is 1.68.